The number of rotatable bonds is 6. The molecule has 0 aliphatic rings. The number of anilines is 1. The molecule has 3 rings (SSSR count). The van der Waals surface area contributed by atoms with Crippen LogP contribution in [0.2, 0.25) is 0 Å². The highest BCUT2D eigenvalue weighted by atomic mass is 16.5. The smallest absolute Gasteiger partial charge is 0.119 e. The van der Waals surface area contributed by atoms with Gasteiger partial charge >= 0.3 is 0 Å². The summed E-state index contributed by atoms with van der Waals surface area (Å²) < 4.78 is 5.85. The second-order valence-electron chi connectivity index (χ2n) is 6.14. The van der Waals surface area contributed by atoms with E-state index in [1.807, 2.05) is 12.1 Å². The Balaban J connectivity index is 1.52. The molecule has 0 radical (unpaired) electrons. The van der Waals surface area contributed by atoms with Gasteiger partial charge in [0.25, 0.3) is 0 Å². The maximum Gasteiger partial charge on any atom is 0.119 e. The van der Waals surface area contributed by atoms with Crippen LogP contribution in [0.25, 0.3) is 0 Å². The summed E-state index contributed by atoms with van der Waals surface area (Å²) in [5.41, 5.74) is 6.10. The van der Waals surface area contributed by atoms with Crippen molar-refractivity contribution in [3.8, 4) is 5.75 Å². The number of ether oxygens (including phenoxy) is 1. The van der Waals surface area contributed by atoms with E-state index in [9.17, 15) is 0 Å². The minimum atomic E-state index is 0.598. The first-order chi connectivity index (χ1) is 11.7. The van der Waals surface area contributed by atoms with Gasteiger partial charge in [-0.25, -0.2) is 0 Å². The molecule has 0 fully saturated rings. The summed E-state index contributed by atoms with van der Waals surface area (Å²) in [7, 11) is 0. The molecule has 2 heteroatoms. The first-order valence-corrected chi connectivity index (χ1v) is 8.27. The Bertz CT molecular complexity index is 776. The van der Waals surface area contributed by atoms with E-state index in [2.05, 4.69) is 79.8 Å². The van der Waals surface area contributed by atoms with Gasteiger partial charge in [0.2, 0.25) is 0 Å². The normalized spacial score (nSPS) is 10.4. The van der Waals surface area contributed by atoms with E-state index in [-0.39, 0.29) is 0 Å². The van der Waals surface area contributed by atoms with Gasteiger partial charge in [-0.2, -0.15) is 0 Å². The summed E-state index contributed by atoms with van der Waals surface area (Å²) in [5, 5.41) is 3.44. The van der Waals surface area contributed by atoms with Gasteiger partial charge in [-0.1, -0.05) is 54.1 Å². The zero-order valence-electron chi connectivity index (χ0n) is 14.3. The molecule has 0 saturated carbocycles. The van der Waals surface area contributed by atoms with Crippen molar-refractivity contribution in [2.24, 2.45) is 0 Å². The van der Waals surface area contributed by atoms with Crippen molar-refractivity contribution in [3.05, 3.63) is 95.1 Å². The molecule has 0 bridgehead atoms. The second-order valence-corrected chi connectivity index (χ2v) is 6.14. The van der Waals surface area contributed by atoms with Crippen LogP contribution in [0.4, 0.5) is 5.69 Å². The Morgan fingerprint density at radius 3 is 2.17 bits per heavy atom. The average molecular weight is 317 g/mol. The van der Waals surface area contributed by atoms with Gasteiger partial charge in [0.05, 0.1) is 0 Å². The van der Waals surface area contributed by atoms with Gasteiger partial charge in [-0.3, -0.25) is 0 Å². The summed E-state index contributed by atoms with van der Waals surface area (Å²) in [4.78, 5) is 0. The first-order valence-electron chi connectivity index (χ1n) is 8.27. The van der Waals surface area contributed by atoms with Crippen molar-refractivity contribution in [1.29, 1.82) is 0 Å². The molecule has 24 heavy (non-hydrogen) atoms. The SMILES string of the molecule is Cc1ccc(COc2ccc(CNc3cccc(C)c3)cc2)cc1. The van der Waals surface area contributed by atoms with Crippen molar-refractivity contribution in [2.45, 2.75) is 27.0 Å². The fraction of sp³-hybridized carbons (Fsp3) is 0.182. The van der Waals surface area contributed by atoms with Crippen LogP contribution in [0.3, 0.4) is 0 Å². The third kappa shape index (κ3) is 4.63. The number of hydrogen-bond donors (Lipinski definition) is 1. The largest absolute Gasteiger partial charge is 0.489 e. The topological polar surface area (TPSA) is 21.3 Å². The molecule has 0 aromatic heterocycles. The number of nitrogens with one attached hydrogen (secondary N) is 1. The first kappa shape index (κ1) is 16.1. The summed E-state index contributed by atoms with van der Waals surface area (Å²) in [6.07, 6.45) is 0. The van der Waals surface area contributed by atoms with Crippen LogP contribution < -0.4 is 10.1 Å². The monoisotopic (exact) mass is 317 g/mol. The molecule has 122 valence electrons. The highest BCUT2D eigenvalue weighted by Crippen LogP contribution is 2.16. The predicted molar refractivity (Wildman–Crippen MR) is 100 cm³/mol. The molecule has 0 aliphatic carbocycles. The van der Waals surface area contributed by atoms with Crippen LogP contribution in [0.5, 0.6) is 5.75 Å². The molecule has 1 N–H and O–H groups in total. The molecular formula is C22H23NO. The fourth-order valence-corrected chi connectivity index (χ4v) is 2.51. The highest BCUT2D eigenvalue weighted by Gasteiger charge is 1.98. The molecule has 0 aliphatic heterocycles. The molecule has 0 atom stereocenters. The minimum absolute atomic E-state index is 0.598. The molecule has 0 heterocycles. The molecule has 0 spiro atoms. The van der Waals surface area contributed by atoms with Crippen LogP contribution in [-0.4, -0.2) is 0 Å². The van der Waals surface area contributed by atoms with Crippen molar-refractivity contribution < 1.29 is 4.74 Å². The van der Waals surface area contributed by atoms with E-state index in [0.717, 1.165) is 18.0 Å². The summed E-state index contributed by atoms with van der Waals surface area (Å²) in [5.74, 6) is 0.898. The van der Waals surface area contributed by atoms with Crippen LogP contribution in [0.1, 0.15) is 22.3 Å². The number of hydrogen-bond acceptors (Lipinski definition) is 2. The van der Waals surface area contributed by atoms with Crippen molar-refractivity contribution in [2.75, 3.05) is 5.32 Å². The number of aryl methyl sites for hydroxylation is 2. The fourth-order valence-electron chi connectivity index (χ4n) is 2.51. The van der Waals surface area contributed by atoms with Gasteiger partial charge in [0, 0.05) is 12.2 Å². The third-order valence-corrected chi connectivity index (χ3v) is 3.96. The van der Waals surface area contributed by atoms with Crippen molar-refractivity contribution in [1.82, 2.24) is 0 Å². The standard InChI is InChI=1S/C22H23NO/c1-17-6-8-20(9-7-17)16-24-22-12-10-19(11-13-22)15-23-21-5-3-4-18(2)14-21/h3-14,23H,15-16H2,1-2H3. The quantitative estimate of drug-likeness (QED) is 0.648. The van der Waals surface area contributed by atoms with Gasteiger partial charge in [0.15, 0.2) is 0 Å². The summed E-state index contributed by atoms with van der Waals surface area (Å²) in [6, 6.07) is 25.1. The molecule has 0 unspecified atom stereocenters. The van der Waals surface area contributed by atoms with E-state index in [1.54, 1.807) is 0 Å². The zero-order valence-corrected chi connectivity index (χ0v) is 14.3. The highest BCUT2D eigenvalue weighted by molar-refractivity contribution is 5.46. The Morgan fingerprint density at radius 1 is 0.750 bits per heavy atom. The lowest BCUT2D eigenvalue weighted by Crippen LogP contribution is -2.00. The van der Waals surface area contributed by atoms with E-state index < -0.39 is 0 Å². The second kappa shape index (κ2) is 7.69. The van der Waals surface area contributed by atoms with Crippen LogP contribution >= 0.6 is 0 Å². The average Bonchev–Trinajstić information content (AvgIpc) is 2.60. The molecule has 3 aromatic carbocycles. The predicted octanol–water partition coefficient (Wildman–Crippen LogP) is 5.49. The lowest BCUT2D eigenvalue weighted by atomic mass is 10.1. The lowest BCUT2D eigenvalue weighted by Gasteiger charge is -2.09. The molecule has 3 aromatic rings. The van der Waals surface area contributed by atoms with Crippen LogP contribution in [0, 0.1) is 13.8 Å². The van der Waals surface area contributed by atoms with Crippen molar-refractivity contribution in [3.63, 3.8) is 0 Å². The van der Waals surface area contributed by atoms with E-state index in [1.165, 1.54) is 22.3 Å². The maximum absolute atomic E-state index is 5.85. The minimum Gasteiger partial charge on any atom is -0.489 e. The van der Waals surface area contributed by atoms with E-state index in [0.29, 0.717) is 6.61 Å². The Labute approximate surface area is 144 Å². The van der Waals surface area contributed by atoms with E-state index >= 15 is 0 Å². The van der Waals surface area contributed by atoms with Gasteiger partial charge in [-0.05, 0) is 54.8 Å². The van der Waals surface area contributed by atoms with E-state index in [4.69, 9.17) is 4.74 Å². The molecule has 0 saturated heterocycles. The number of benzene rings is 3. The van der Waals surface area contributed by atoms with Gasteiger partial charge in [-0.15, -0.1) is 0 Å². The van der Waals surface area contributed by atoms with Gasteiger partial charge < -0.3 is 10.1 Å². The Morgan fingerprint density at radius 2 is 1.46 bits per heavy atom. The molecule has 2 nitrogen and oxygen atoms in total. The summed E-state index contributed by atoms with van der Waals surface area (Å²) in [6.45, 7) is 5.60. The zero-order chi connectivity index (χ0) is 16.8. The van der Waals surface area contributed by atoms with Gasteiger partial charge in [0.1, 0.15) is 12.4 Å². The molecular weight excluding hydrogens is 294 g/mol. The summed E-state index contributed by atoms with van der Waals surface area (Å²) >= 11 is 0. The lowest BCUT2D eigenvalue weighted by molar-refractivity contribution is 0.306. The Hall–Kier alpha value is -2.74. The van der Waals surface area contributed by atoms with Crippen molar-refractivity contribution >= 4 is 5.69 Å². The third-order valence-electron chi connectivity index (χ3n) is 3.96. The maximum atomic E-state index is 5.85. The Kier molecular flexibility index (Phi) is 5.17. The van der Waals surface area contributed by atoms with Crippen LogP contribution in [0.15, 0.2) is 72.8 Å². The van der Waals surface area contributed by atoms with Crippen LogP contribution in [-0.2, 0) is 13.2 Å². The molecule has 0 amide bonds.